The van der Waals surface area contributed by atoms with Crippen molar-refractivity contribution in [2.75, 3.05) is 20.7 Å². The van der Waals surface area contributed by atoms with Crippen LogP contribution < -0.4 is 10.5 Å². The fraction of sp³-hybridized carbons (Fsp3) is 0.462. The molecule has 1 aromatic rings. The van der Waals surface area contributed by atoms with Crippen LogP contribution in [-0.2, 0) is 0 Å². The number of rotatable bonds is 5. The van der Waals surface area contributed by atoms with Gasteiger partial charge in [0.25, 0.3) is 0 Å². The molecule has 100 valence electrons. The monoisotopic (exact) mass is 313 g/mol. The summed E-state index contributed by atoms with van der Waals surface area (Å²) < 4.78 is 6.72. The van der Waals surface area contributed by atoms with Crippen LogP contribution in [0.1, 0.15) is 19.4 Å². The quantitative estimate of drug-likeness (QED) is 0.648. The minimum Gasteiger partial charge on any atom is -0.491 e. The van der Waals surface area contributed by atoms with Gasteiger partial charge in [0.05, 0.1) is 5.56 Å². The molecule has 0 aromatic heterocycles. The molecule has 0 aliphatic heterocycles. The lowest BCUT2D eigenvalue weighted by molar-refractivity contribution is 0.114. The van der Waals surface area contributed by atoms with Crippen molar-refractivity contribution in [3.63, 3.8) is 0 Å². The number of benzene rings is 1. The van der Waals surface area contributed by atoms with E-state index in [2.05, 4.69) is 34.7 Å². The lowest BCUT2D eigenvalue weighted by Gasteiger charge is -2.32. The summed E-state index contributed by atoms with van der Waals surface area (Å²) in [6.07, 6.45) is 0. The van der Waals surface area contributed by atoms with E-state index >= 15 is 0 Å². The van der Waals surface area contributed by atoms with Gasteiger partial charge < -0.3 is 15.4 Å². The molecule has 0 aliphatic rings. The first kappa shape index (κ1) is 15.0. The van der Waals surface area contributed by atoms with E-state index < -0.39 is 0 Å². The second-order valence-electron chi connectivity index (χ2n) is 5.05. The highest BCUT2D eigenvalue weighted by Crippen LogP contribution is 2.25. The Bertz CT molecular complexity index is 444. The van der Waals surface area contributed by atoms with Crippen LogP contribution in [0.2, 0.25) is 0 Å². The van der Waals surface area contributed by atoms with Crippen LogP contribution in [0.15, 0.2) is 22.7 Å². The molecular weight excluding hydrogens is 294 g/mol. The number of halogens is 1. The maximum atomic E-state index is 7.54. The topological polar surface area (TPSA) is 62.3 Å². The molecule has 0 heterocycles. The van der Waals surface area contributed by atoms with E-state index in [9.17, 15) is 0 Å². The predicted octanol–water partition coefficient (Wildman–Crippen LogP) is 2.45. The summed E-state index contributed by atoms with van der Waals surface area (Å²) in [7, 11) is 4.02. The van der Waals surface area contributed by atoms with E-state index in [1.165, 1.54) is 0 Å². The molecule has 3 N–H and O–H groups in total. The van der Waals surface area contributed by atoms with Crippen molar-refractivity contribution in [1.29, 1.82) is 5.41 Å². The molecule has 1 rings (SSSR count). The van der Waals surface area contributed by atoms with Gasteiger partial charge in [0.2, 0.25) is 0 Å². The SMILES string of the molecule is CN(C)C(C)(C)COc1cc(Br)ccc1C(=N)N. The molecule has 5 heteroatoms. The standard InChI is InChI=1S/C13H20BrN3O/c1-13(2,17(3)4)8-18-11-7-9(14)5-6-10(11)12(15)16/h5-7H,8H2,1-4H3,(H3,15,16). The van der Waals surface area contributed by atoms with E-state index in [4.69, 9.17) is 15.9 Å². The van der Waals surface area contributed by atoms with Gasteiger partial charge in [-0.2, -0.15) is 0 Å². The van der Waals surface area contributed by atoms with Crippen LogP contribution in [0.3, 0.4) is 0 Å². The van der Waals surface area contributed by atoms with Gasteiger partial charge in [0, 0.05) is 10.0 Å². The first-order valence-electron chi connectivity index (χ1n) is 5.68. The van der Waals surface area contributed by atoms with E-state index in [1.54, 1.807) is 6.07 Å². The van der Waals surface area contributed by atoms with Crippen molar-refractivity contribution in [3.05, 3.63) is 28.2 Å². The maximum Gasteiger partial charge on any atom is 0.131 e. The largest absolute Gasteiger partial charge is 0.491 e. The van der Waals surface area contributed by atoms with Crippen LogP contribution in [0.5, 0.6) is 5.75 Å². The molecule has 1 aromatic carbocycles. The fourth-order valence-corrected chi connectivity index (χ4v) is 1.56. The van der Waals surface area contributed by atoms with Crippen LogP contribution in [-0.4, -0.2) is 37.0 Å². The minimum atomic E-state index is -0.0869. The summed E-state index contributed by atoms with van der Waals surface area (Å²) in [5.74, 6) is 0.645. The number of nitrogens with two attached hydrogens (primary N) is 1. The lowest BCUT2D eigenvalue weighted by Crippen LogP contribution is -2.43. The zero-order valence-corrected chi connectivity index (χ0v) is 12.8. The van der Waals surface area contributed by atoms with Gasteiger partial charge >= 0.3 is 0 Å². The Hall–Kier alpha value is -1.07. The second kappa shape index (κ2) is 5.71. The third-order valence-corrected chi connectivity index (χ3v) is 3.52. The Kier molecular flexibility index (Phi) is 4.76. The molecule has 0 atom stereocenters. The third kappa shape index (κ3) is 3.71. The first-order chi connectivity index (χ1) is 8.24. The van der Waals surface area contributed by atoms with E-state index in [0.717, 1.165) is 4.47 Å². The molecule has 0 unspecified atom stereocenters. The maximum absolute atomic E-state index is 7.54. The van der Waals surface area contributed by atoms with Crippen LogP contribution in [0.4, 0.5) is 0 Å². The first-order valence-corrected chi connectivity index (χ1v) is 6.47. The minimum absolute atomic E-state index is 0.0140. The Morgan fingerprint density at radius 3 is 2.56 bits per heavy atom. The second-order valence-corrected chi connectivity index (χ2v) is 5.97. The van der Waals surface area contributed by atoms with Crippen molar-refractivity contribution in [2.24, 2.45) is 5.73 Å². The number of hydrogen-bond donors (Lipinski definition) is 2. The highest BCUT2D eigenvalue weighted by atomic mass is 79.9. The molecule has 0 saturated heterocycles. The molecule has 0 saturated carbocycles. The van der Waals surface area contributed by atoms with Crippen molar-refractivity contribution >= 4 is 21.8 Å². The van der Waals surface area contributed by atoms with Gasteiger partial charge in [-0.3, -0.25) is 5.41 Å². The zero-order valence-electron chi connectivity index (χ0n) is 11.2. The summed E-state index contributed by atoms with van der Waals surface area (Å²) in [4.78, 5) is 2.10. The summed E-state index contributed by atoms with van der Waals surface area (Å²) in [6, 6.07) is 5.47. The van der Waals surface area contributed by atoms with Crippen LogP contribution in [0, 0.1) is 5.41 Å². The third-order valence-electron chi connectivity index (χ3n) is 3.03. The van der Waals surface area contributed by atoms with E-state index in [0.29, 0.717) is 17.9 Å². The van der Waals surface area contributed by atoms with Gasteiger partial charge in [-0.25, -0.2) is 0 Å². The summed E-state index contributed by atoms with van der Waals surface area (Å²) in [6.45, 7) is 4.72. The number of amidine groups is 1. The molecule has 0 spiro atoms. The fourth-order valence-electron chi connectivity index (χ4n) is 1.22. The lowest BCUT2D eigenvalue weighted by atomic mass is 10.1. The van der Waals surface area contributed by atoms with Gasteiger partial charge in [-0.1, -0.05) is 15.9 Å². The number of nitrogen functional groups attached to an aromatic ring is 1. The van der Waals surface area contributed by atoms with Gasteiger partial charge in [-0.15, -0.1) is 0 Å². The number of nitrogens with zero attached hydrogens (tertiary/aromatic N) is 1. The highest BCUT2D eigenvalue weighted by molar-refractivity contribution is 9.10. The van der Waals surface area contributed by atoms with Gasteiger partial charge in [0.1, 0.15) is 18.2 Å². The van der Waals surface area contributed by atoms with E-state index in [-0.39, 0.29) is 11.4 Å². The number of likely N-dealkylation sites (N-methyl/N-ethyl adjacent to an activating group) is 1. The summed E-state index contributed by atoms with van der Waals surface area (Å²) in [5.41, 5.74) is 6.07. The van der Waals surface area contributed by atoms with E-state index in [1.807, 2.05) is 26.2 Å². The molecule has 0 radical (unpaired) electrons. The molecule has 18 heavy (non-hydrogen) atoms. The molecule has 0 amide bonds. The predicted molar refractivity (Wildman–Crippen MR) is 78.4 cm³/mol. The Morgan fingerprint density at radius 2 is 2.06 bits per heavy atom. The van der Waals surface area contributed by atoms with Crippen molar-refractivity contribution < 1.29 is 4.74 Å². The Balaban J connectivity index is 2.90. The summed E-state index contributed by atoms with van der Waals surface area (Å²) >= 11 is 3.39. The van der Waals surface area contributed by atoms with Gasteiger partial charge in [-0.05, 0) is 46.1 Å². The van der Waals surface area contributed by atoms with Crippen LogP contribution >= 0.6 is 15.9 Å². The average Bonchev–Trinajstić information content (AvgIpc) is 2.26. The zero-order chi connectivity index (χ0) is 13.9. The van der Waals surface area contributed by atoms with Gasteiger partial charge in [0.15, 0.2) is 0 Å². The van der Waals surface area contributed by atoms with Crippen molar-refractivity contribution in [3.8, 4) is 5.75 Å². The number of nitrogens with one attached hydrogen (secondary N) is 1. The van der Waals surface area contributed by atoms with Crippen molar-refractivity contribution in [2.45, 2.75) is 19.4 Å². The Labute approximate surface area is 117 Å². The molecular formula is C13H20BrN3O. The van der Waals surface area contributed by atoms with Crippen LogP contribution in [0.25, 0.3) is 0 Å². The summed E-state index contributed by atoms with van der Waals surface area (Å²) in [5, 5.41) is 7.54. The molecule has 0 aliphatic carbocycles. The molecule has 0 bridgehead atoms. The molecule has 4 nitrogen and oxygen atoms in total. The normalized spacial score (nSPS) is 11.7. The average molecular weight is 314 g/mol. The number of hydrogen-bond acceptors (Lipinski definition) is 3. The molecule has 0 fully saturated rings. The Morgan fingerprint density at radius 1 is 1.44 bits per heavy atom. The van der Waals surface area contributed by atoms with Crippen molar-refractivity contribution in [1.82, 2.24) is 4.90 Å². The number of ether oxygens (including phenoxy) is 1. The smallest absolute Gasteiger partial charge is 0.131 e. The highest BCUT2D eigenvalue weighted by Gasteiger charge is 2.22.